The lowest BCUT2D eigenvalue weighted by Crippen LogP contribution is -2.14. The van der Waals surface area contributed by atoms with Crippen LogP contribution in [0.15, 0.2) is 140 Å². The maximum absolute atomic E-state index is 4.93. The summed E-state index contributed by atoms with van der Waals surface area (Å²) in [6.45, 7) is 0. The lowest BCUT2D eigenvalue weighted by atomic mass is 9.77. The summed E-state index contributed by atoms with van der Waals surface area (Å²) in [6.07, 6.45) is 15.7. The van der Waals surface area contributed by atoms with Crippen molar-refractivity contribution in [1.29, 1.82) is 0 Å². The summed E-state index contributed by atoms with van der Waals surface area (Å²) < 4.78 is 2.52. The molecule has 2 atom stereocenters. The van der Waals surface area contributed by atoms with Crippen LogP contribution in [-0.4, -0.2) is 15.0 Å². The molecule has 0 aliphatic heterocycles. The van der Waals surface area contributed by atoms with Gasteiger partial charge in [0, 0.05) is 48.7 Å². The average molecular weight is 544 g/mol. The number of benzene rings is 4. The van der Waals surface area contributed by atoms with Gasteiger partial charge in [0.25, 0.3) is 0 Å². The normalized spacial score (nSPS) is 17.6. The van der Waals surface area contributed by atoms with Gasteiger partial charge in [0.05, 0.1) is 0 Å². The highest BCUT2D eigenvalue weighted by molar-refractivity contribution is 7.25. The predicted molar refractivity (Wildman–Crippen MR) is 171 cm³/mol. The Morgan fingerprint density at radius 1 is 0.488 bits per heavy atom. The van der Waals surface area contributed by atoms with Crippen molar-refractivity contribution >= 4 is 37.1 Å². The van der Waals surface area contributed by atoms with E-state index in [1.54, 1.807) is 0 Å². The van der Waals surface area contributed by atoms with Crippen LogP contribution < -0.4 is 0 Å². The number of aromatic nitrogens is 3. The Kier molecular flexibility index (Phi) is 5.78. The van der Waals surface area contributed by atoms with Gasteiger partial charge in [-0.1, -0.05) is 121 Å². The lowest BCUT2D eigenvalue weighted by molar-refractivity contribution is 0.678. The van der Waals surface area contributed by atoms with E-state index in [0.717, 1.165) is 16.7 Å². The number of nitrogens with zero attached hydrogens (tertiary/aromatic N) is 3. The van der Waals surface area contributed by atoms with E-state index in [2.05, 4.69) is 78.9 Å². The highest BCUT2D eigenvalue weighted by Crippen LogP contribution is 2.41. The smallest absolute Gasteiger partial charge is 0.164 e. The maximum atomic E-state index is 4.93. The average Bonchev–Trinajstić information content (AvgIpc) is 3.42. The largest absolute Gasteiger partial charge is 0.208 e. The fraction of sp³-hybridized carbons (Fsp3) is 0.0541. The van der Waals surface area contributed by atoms with Crippen molar-refractivity contribution in [1.82, 2.24) is 15.0 Å². The summed E-state index contributed by atoms with van der Waals surface area (Å²) in [7, 11) is 0. The highest BCUT2D eigenvalue weighted by Gasteiger charge is 2.24. The van der Waals surface area contributed by atoms with Gasteiger partial charge in [0.2, 0.25) is 0 Å². The van der Waals surface area contributed by atoms with Crippen LogP contribution in [0, 0.1) is 11.8 Å². The molecule has 0 N–H and O–H groups in total. The van der Waals surface area contributed by atoms with E-state index in [1.807, 2.05) is 72.0 Å². The Morgan fingerprint density at radius 2 is 1.12 bits per heavy atom. The standard InChI is InChI=1S/C37H25N3S/c1-3-11-25(12-4-1)35-38-36(26-13-5-2-6-14-26)40-37(39-35)28-18-20-31-32-22-27(19-21-33(32)41-34(31)23-28)30-17-9-15-24-10-7-8-16-29(24)30/h1-24,29H. The molecule has 41 heavy (non-hydrogen) atoms. The molecule has 8 rings (SSSR count). The van der Waals surface area contributed by atoms with Crippen LogP contribution in [0.3, 0.4) is 0 Å². The molecular formula is C37H25N3S. The second-order valence-corrected chi connectivity index (χ2v) is 11.5. The molecular weight excluding hydrogens is 518 g/mol. The van der Waals surface area contributed by atoms with Crippen LogP contribution in [0.1, 0.15) is 5.56 Å². The van der Waals surface area contributed by atoms with Gasteiger partial charge < -0.3 is 0 Å². The summed E-state index contributed by atoms with van der Waals surface area (Å²) in [6, 6.07) is 33.7. The van der Waals surface area contributed by atoms with E-state index in [0.29, 0.717) is 29.3 Å². The quantitative estimate of drug-likeness (QED) is 0.222. The minimum Gasteiger partial charge on any atom is -0.208 e. The first-order valence-electron chi connectivity index (χ1n) is 13.9. The zero-order valence-electron chi connectivity index (χ0n) is 22.2. The third-order valence-electron chi connectivity index (χ3n) is 7.91. The van der Waals surface area contributed by atoms with Crippen LogP contribution in [0.4, 0.5) is 0 Å². The lowest BCUT2D eigenvalue weighted by Gasteiger charge is -2.27. The van der Waals surface area contributed by atoms with Crippen LogP contribution in [0.2, 0.25) is 0 Å². The van der Waals surface area contributed by atoms with E-state index in [-0.39, 0.29) is 0 Å². The Bertz CT molecular complexity index is 1990. The molecule has 6 aromatic rings. The van der Waals surface area contributed by atoms with Crippen molar-refractivity contribution in [2.24, 2.45) is 11.8 Å². The molecule has 0 amide bonds. The number of rotatable bonds is 4. The number of fused-ring (bicyclic) bond motifs is 4. The fourth-order valence-corrected chi connectivity index (χ4v) is 6.97. The van der Waals surface area contributed by atoms with Crippen LogP contribution >= 0.6 is 11.3 Å². The van der Waals surface area contributed by atoms with Crippen molar-refractivity contribution in [2.45, 2.75) is 0 Å². The Balaban J connectivity index is 1.23. The number of hydrogen-bond donors (Lipinski definition) is 0. The fourth-order valence-electron chi connectivity index (χ4n) is 5.84. The van der Waals surface area contributed by atoms with Crippen molar-refractivity contribution < 1.29 is 0 Å². The topological polar surface area (TPSA) is 38.7 Å². The number of hydrogen-bond acceptors (Lipinski definition) is 4. The van der Waals surface area contributed by atoms with Crippen molar-refractivity contribution in [2.75, 3.05) is 0 Å². The Labute approximate surface area is 242 Å². The molecule has 3 nitrogen and oxygen atoms in total. The highest BCUT2D eigenvalue weighted by atomic mass is 32.1. The van der Waals surface area contributed by atoms with Gasteiger partial charge in [-0.25, -0.2) is 15.0 Å². The summed E-state index contributed by atoms with van der Waals surface area (Å²) in [4.78, 5) is 14.7. The molecule has 2 aliphatic rings. The molecule has 0 radical (unpaired) electrons. The first-order valence-corrected chi connectivity index (χ1v) is 14.7. The molecule has 2 aliphatic carbocycles. The Morgan fingerprint density at radius 3 is 1.85 bits per heavy atom. The van der Waals surface area contributed by atoms with Crippen LogP contribution in [0.5, 0.6) is 0 Å². The second-order valence-electron chi connectivity index (χ2n) is 10.4. The first-order chi connectivity index (χ1) is 20.3. The molecule has 0 fully saturated rings. The summed E-state index contributed by atoms with van der Waals surface area (Å²) in [5, 5.41) is 2.56. The molecule has 0 saturated carbocycles. The SMILES string of the molecule is C1=CC2C=CC=C(c3ccc4sc5cc(-c6nc(-c7ccccc7)nc(-c7ccccc7)n6)ccc5c4c3)C2C=C1. The summed E-state index contributed by atoms with van der Waals surface area (Å²) in [5.74, 6) is 2.85. The van der Waals surface area contributed by atoms with E-state index in [1.165, 1.54) is 31.3 Å². The number of thiophene rings is 1. The van der Waals surface area contributed by atoms with Gasteiger partial charge in [-0.3, -0.25) is 0 Å². The Hall–Kier alpha value is -4.93. The minimum absolute atomic E-state index is 0.389. The zero-order chi connectivity index (χ0) is 27.2. The molecule has 2 unspecified atom stereocenters. The van der Waals surface area contributed by atoms with E-state index < -0.39 is 0 Å². The van der Waals surface area contributed by atoms with Gasteiger partial charge in [0.1, 0.15) is 0 Å². The summed E-state index contributed by atoms with van der Waals surface area (Å²) >= 11 is 1.82. The van der Waals surface area contributed by atoms with Gasteiger partial charge in [0.15, 0.2) is 17.5 Å². The monoisotopic (exact) mass is 543 g/mol. The van der Waals surface area contributed by atoms with Gasteiger partial charge in [-0.2, -0.15) is 0 Å². The number of allylic oxidation sites excluding steroid dienone is 8. The van der Waals surface area contributed by atoms with Crippen molar-refractivity contribution in [3.05, 3.63) is 145 Å². The van der Waals surface area contributed by atoms with Gasteiger partial charge in [-0.15, -0.1) is 11.3 Å². The van der Waals surface area contributed by atoms with E-state index in [4.69, 9.17) is 15.0 Å². The van der Waals surface area contributed by atoms with E-state index in [9.17, 15) is 0 Å². The van der Waals surface area contributed by atoms with Gasteiger partial charge in [-0.05, 0) is 29.3 Å². The van der Waals surface area contributed by atoms with Crippen LogP contribution in [0.25, 0.3) is 59.9 Å². The first kappa shape index (κ1) is 23.9. The third-order valence-corrected chi connectivity index (χ3v) is 9.04. The molecule has 2 heterocycles. The summed E-state index contributed by atoms with van der Waals surface area (Å²) in [5.41, 5.74) is 5.60. The maximum Gasteiger partial charge on any atom is 0.164 e. The second kappa shape index (κ2) is 9.92. The van der Waals surface area contributed by atoms with Crippen molar-refractivity contribution in [3.8, 4) is 34.2 Å². The molecule has 2 aromatic heterocycles. The molecule has 0 saturated heterocycles. The molecule has 0 bridgehead atoms. The minimum atomic E-state index is 0.389. The molecule has 4 aromatic carbocycles. The third kappa shape index (κ3) is 4.33. The van der Waals surface area contributed by atoms with Crippen LogP contribution in [-0.2, 0) is 0 Å². The molecule has 194 valence electrons. The molecule has 0 spiro atoms. The predicted octanol–water partition coefficient (Wildman–Crippen LogP) is 9.55. The zero-order valence-corrected chi connectivity index (χ0v) is 23.0. The van der Waals surface area contributed by atoms with Crippen molar-refractivity contribution in [3.63, 3.8) is 0 Å². The molecule has 4 heteroatoms. The van der Waals surface area contributed by atoms with Gasteiger partial charge >= 0.3 is 0 Å². The van der Waals surface area contributed by atoms with E-state index >= 15 is 0 Å².